The molecular weight excluding hydrogens is 344 g/mol. The lowest BCUT2D eigenvalue weighted by molar-refractivity contribution is -0.121. The second-order valence-electron chi connectivity index (χ2n) is 6.32. The largest absolute Gasteiger partial charge is 0.350 e. The zero-order valence-corrected chi connectivity index (χ0v) is 15.7. The number of carbonyl (C=O) groups is 1. The maximum Gasteiger partial charge on any atom is 0.222 e. The topological polar surface area (TPSA) is 62.7 Å². The Bertz CT molecular complexity index is 946. The van der Waals surface area contributed by atoms with E-state index >= 15 is 0 Å². The number of nitrogens with zero attached hydrogens (tertiary/aromatic N) is 2. The van der Waals surface area contributed by atoms with Gasteiger partial charge in [-0.1, -0.05) is 54.1 Å². The number of hydrogen-bond acceptors (Lipinski definition) is 3. The van der Waals surface area contributed by atoms with Crippen molar-refractivity contribution in [2.24, 2.45) is 0 Å². The van der Waals surface area contributed by atoms with Gasteiger partial charge in [0.1, 0.15) is 0 Å². The summed E-state index contributed by atoms with van der Waals surface area (Å²) < 4.78 is 2.39. The molecule has 1 amide bonds. The van der Waals surface area contributed by atoms with E-state index in [1.54, 1.807) is 0 Å². The van der Waals surface area contributed by atoms with Gasteiger partial charge in [0.15, 0.2) is 10.6 Å². The highest BCUT2D eigenvalue weighted by Gasteiger charge is 2.13. The number of carbonyl (C=O) groups excluding carboxylic acids is 1. The highest BCUT2D eigenvalue weighted by molar-refractivity contribution is 7.71. The van der Waals surface area contributed by atoms with Crippen LogP contribution in [-0.4, -0.2) is 20.7 Å². The number of benzene rings is 2. The molecule has 2 N–H and O–H groups in total. The molecule has 0 aliphatic heterocycles. The number of nitrogens with one attached hydrogen (secondary N) is 2. The van der Waals surface area contributed by atoms with Gasteiger partial charge in [-0.15, -0.1) is 0 Å². The maximum atomic E-state index is 12.3. The van der Waals surface area contributed by atoms with Gasteiger partial charge in [0, 0.05) is 18.5 Å². The summed E-state index contributed by atoms with van der Waals surface area (Å²) in [7, 11) is 0. The fourth-order valence-electron chi connectivity index (χ4n) is 2.88. The third-order valence-corrected chi connectivity index (χ3v) is 4.59. The lowest BCUT2D eigenvalue weighted by Crippen LogP contribution is -2.27. The number of hydrogen-bond donors (Lipinski definition) is 2. The Morgan fingerprint density at radius 1 is 1.23 bits per heavy atom. The highest BCUT2D eigenvalue weighted by atomic mass is 32.1. The zero-order valence-electron chi connectivity index (χ0n) is 14.9. The van der Waals surface area contributed by atoms with E-state index in [0.29, 0.717) is 17.7 Å². The molecule has 1 aromatic heterocycles. The summed E-state index contributed by atoms with van der Waals surface area (Å²) in [6.07, 6.45) is 0.337. The fourth-order valence-corrected chi connectivity index (χ4v) is 3.11. The van der Waals surface area contributed by atoms with Gasteiger partial charge in [0.25, 0.3) is 0 Å². The Morgan fingerprint density at radius 2 is 2.00 bits per heavy atom. The summed E-state index contributed by atoms with van der Waals surface area (Å²) >= 11 is 5.34. The van der Waals surface area contributed by atoms with Crippen molar-refractivity contribution in [2.75, 3.05) is 0 Å². The molecule has 0 saturated carbocycles. The predicted molar refractivity (Wildman–Crippen MR) is 105 cm³/mol. The molecule has 0 aliphatic rings. The van der Waals surface area contributed by atoms with Gasteiger partial charge >= 0.3 is 0 Å². The Morgan fingerprint density at radius 3 is 2.73 bits per heavy atom. The molecule has 0 fully saturated rings. The van der Waals surface area contributed by atoms with Crippen LogP contribution in [0.1, 0.15) is 30.5 Å². The van der Waals surface area contributed by atoms with Crippen LogP contribution < -0.4 is 5.32 Å². The number of aryl methyl sites for hydroxylation is 1. The van der Waals surface area contributed by atoms with Gasteiger partial charge in [0.05, 0.1) is 6.04 Å². The quantitative estimate of drug-likeness (QED) is 0.643. The van der Waals surface area contributed by atoms with E-state index < -0.39 is 0 Å². The minimum Gasteiger partial charge on any atom is -0.350 e. The molecule has 134 valence electrons. The summed E-state index contributed by atoms with van der Waals surface area (Å²) in [5, 5.41) is 10.2. The molecular formula is C20H22N4OS. The van der Waals surface area contributed by atoms with Crippen molar-refractivity contribution >= 4 is 18.1 Å². The van der Waals surface area contributed by atoms with Crippen LogP contribution in [0.4, 0.5) is 0 Å². The average molecular weight is 366 g/mol. The third-order valence-electron chi connectivity index (χ3n) is 4.27. The molecule has 1 unspecified atom stereocenters. The van der Waals surface area contributed by atoms with Gasteiger partial charge in [-0.2, -0.15) is 5.10 Å². The molecule has 0 radical (unpaired) electrons. The monoisotopic (exact) mass is 366 g/mol. The standard InChI is InChI=1S/C20H22N4OS/c1-14-7-6-10-17(13-14)19-22-23-20(26)24(19)12-11-18(25)21-15(2)16-8-4-3-5-9-16/h3-10,13,15H,11-12H2,1-2H3,(H,21,25)(H,23,26). The van der Waals surface area contributed by atoms with Crippen LogP contribution in [0.2, 0.25) is 0 Å². The molecule has 0 spiro atoms. The van der Waals surface area contributed by atoms with Crippen molar-refractivity contribution in [2.45, 2.75) is 32.9 Å². The van der Waals surface area contributed by atoms with E-state index in [9.17, 15) is 4.79 Å². The van der Waals surface area contributed by atoms with E-state index in [4.69, 9.17) is 12.2 Å². The van der Waals surface area contributed by atoms with Crippen molar-refractivity contribution in [3.63, 3.8) is 0 Å². The summed E-state index contributed by atoms with van der Waals surface area (Å²) in [4.78, 5) is 12.3. The van der Waals surface area contributed by atoms with Crippen LogP contribution in [0, 0.1) is 11.7 Å². The van der Waals surface area contributed by atoms with Gasteiger partial charge in [-0.25, -0.2) is 0 Å². The van der Waals surface area contributed by atoms with Crippen LogP contribution in [0.15, 0.2) is 54.6 Å². The summed E-state index contributed by atoms with van der Waals surface area (Å²) in [6.45, 7) is 4.49. The van der Waals surface area contributed by atoms with Crippen molar-refractivity contribution in [1.82, 2.24) is 20.1 Å². The summed E-state index contributed by atoms with van der Waals surface area (Å²) in [5.41, 5.74) is 3.22. The molecule has 0 bridgehead atoms. The molecule has 3 rings (SSSR count). The van der Waals surface area contributed by atoms with Gasteiger partial charge in [-0.05, 0) is 37.7 Å². The molecule has 6 heteroatoms. The van der Waals surface area contributed by atoms with E-state index in [1.165, 1.54) is 0 Å². The lowest BCUT2D eigenvalue weighted by Gasteiger charge is -2.14. The van der Waals surface area contributed by atoms with Crippen LogP contribution >= 0.6 is 12.2 Å². The first kappa shape index (κ1) is 18.1. The molecule has 1 atom stereocenters. The smallest absolute Gasteiger partial charge is 0.222 e. The van der Waals surface area contributed by atoms with E-state index in [-0.39, 0.29) is 11.9 Å². The first-order valence-corrected chi connectivity index (χ1v) is 9.02. The molecule has 0 saturated heterocycles. The van der Waals surface area contributed by atoms with Crippen molar-refractivity contribution in [3.05, 3.63) is 70.5 Å². The Kier molecular flexibility index (Phi) is 5.63. The van der Waals surface area contributed by atoms with Gasteiger partial charge in [0.2, 0.25) is 5.91 Å². The molecule has 5 nitrogen and oxygen atoms in total. The molecule has 1 heterocycles. The fraction of sp³-hybridized carbons (Fsp3) is 0.250. The van der Waals surface area contributed by atoms with Gasteiger partial charge < -0.3 is 5.32 Å². The van der Waals surface area contributed by atoms with E-state index in [1.807, 2.05) is 66.9 Å². The zero-order chi connectivity index (χ0) is 18.5. The number of amides is 1. The number of rotatable bonds is 6. The molecule has 0 aliphatic carbocycles. The van der Waals surface area contributed by atoms with Gasteiger partial charge in [-0.3, -0.25) is 14.5 Å². The highest BCUT2D eigenvalue weighted by Crippen LogP contribution is 2.19. The predicted octanol–water partition coefficient (Wildman–Crippen LogP) is 4.18. The SMILES string of the molecule is Cc1cccc(-c2n[nH]c(=S)n2CCC(=O)NC(C)c2ccccc2)c1. The molecule has 26 heavy (non-hydrogen) atoms. The molecule has 2 aromatic carbocycles. The Hall–Kier alpha value is -2.73. The summed E-state index contributed by atoms with van der Waals surface area (Å²) in [6, 6.07) is 18.0. The Balaban J connectivity index is 1.67. The van der Waals surface area contributed by atoms with E-state index in [0.717, 1.165) is 22.5 Å². The van der Waals surface area contributed by atoms with Crippen molar-refractivity contribution in [3.8, 4) is 11.4 Å². The lowest BCUT2D eigenvalue weighted by atomic mass is 10.1. The second kappa shape index (κ2) is 8.10. The van der Waals surface area contributed by atoms with Crippen LogP contribution in [-0.2, 0) is 11.3 Å². The number of aromatic nitrogens is 3. The average Bonchev–Trinajstić information content (AvgIpc) is 3.01. The maximum absolute atomic E-state index is 12.3. The summed E-state index contributed by atoms with van der Waals surface area (Å²) in [5.74, 6) is 0.738. The number of aromatic amines is 1. The Labute approximate surface area is 158 Å². The first-order valence-electron chi connectivity index (χ1n) is 8.61. The third kappa shape index (κ3) is 4.26. The second-order valence-corrected chi connectivity index (χ2v) is 6.71. The minimum atomic E-state index is -0.0303. The van der Waals surface area contributed by atoms with Crippen molar-refractivity contribution < 1.29 is 4.79 Å². The molecule has 3 aromatic rings. The van der Waals surface area contributed by atoms with Crippen molar-refractivity contribution in [1.29, 1.82) is 0 Å². The van der Waals surface area contributed by atoms with Crippen LogP contribution in [0.3, 0.4) is 0 Å². The van der Waals surface area contributed by atoms with Crippen LogP contribution in [0.25, 0.3) is 11.4 Å². The first-order chi connectivity index (χ1) is 12.5. The minimum absolute atomic E-state index is 0.0142. The number of H-pyrrole nitrogens is 1. The normalized spacial score (nSPS) is 11.9. The van der Waals surface area contributed by atoms with E-state index in [2.05, 4.69) is 21.6 Å². The van der Waals surface area contributed by atoms with Crippen LogP contribution in [0.5, 0.6) is 0 Å².